The molecule has 0 saturated heterocycles. The molecule has 0 radical (unpaired) electrons. The fourth-order valence-corrected chi connectivity index (χ4v) is 0.373. The normalized spacial score (nSPS) is 12.7. The zero-order valence-corrected chi connectivity index (χ0v) is 6.16. The van der Waals surface area contributed by atoms with Gasteiger partial charge in [-0.25, -0.2) is 4.79 Å². The maximum absolute atomic E-state index is 10.5. The van der Waals surface area contributed by atoms with Crippen molar-refractivity contribution >= 4 is 5.97 Å². The number of carbonyl (C=O) groups excluding carboxylic acids is 1. The van der Waals surface area contributed by atoms with Gasteiger partial charge in [-0.05, 0) is 6.92 Å². The van der Waals surface area contributed by atoms with Crippen LogP contribution in [0.2, 0.25) is 0 Å². The number of esters is 1. The van der Waals surface area contributed by atoms with Crippen molar-refractivity contribution in [2.24, 2.45) is 0 Å². The molecule has 10 heavy (non-hydrogen) atoms. The SMILES string of the molecule is COCC(=O)OCC(C)O. The molecule has 60 valence electrons. The molecular weight excluding hydrogens is 136 g/mol. The molecule has 0 bridgehead atoms. The predicted molar refractivity (Wildman–Crippen MR) is 34.5 cm³/mol. The van der Waals surface area contributed by atoms with Crippen molar-refractivity contribution in [3.8, 4) is 0 Å². The molecular formula is C6H12O4. The molecule has 0 aromatic heterocycles. The third-order valence-corrected chi connectivity index (χ3v) is 0.748. The maximum Gasteiger partial charge on any atom is 0.332 e. The van der Waals surface area contributed by atoms with Crippen molar-refractivity contribution in [3.05, 3.63) is 0 Å². The number of carbonyl (C=O) groups is 1. The Balaban J connectivity index is 3.22. The Hall–Kier alpha value is -0.610. The largest absolute Gasteiger partial charge is 0.461 e. The Kier molecular flexibility index (Phi) is 4.88. The quantitative estimate of drug-likeness (QED) is 0.549. The van der Waals surface area contributed by atoms with Crippen LogP contribution in [0.3, 0.4) is 0 Å². The summed E-state index contributed by atoms with van der Waals surface area (Å²) in [6, 6.07) is 0. The van der Waals surface area contributed by atoms with Crippen LogP contribution < -0.4 is 0 Å². The second kappa shape index (κ2) is 5.20. The standard InChI is InChI=1S/C6H12O4/c1-5(7)3-10-6(8)4-9-2/h5,7H,3-4H2,1-2H3. The fraction of sp³-hybridized carbons (Fsp3) is 0.833. The third-order valence-electron chi connectivity index (χ3n) is 0.748. The highest BCUT2D eigenvalue weighted by Crippen LogP contribution is 1.84. The van der Waals surface area contributed by atoms with Crippen LogP contribution >= 0.6 is 0 Å². The minimum absolute atomic E-state index is 0.0300. The highest BCUT2D eigenvalue weighted by atomic mass is 16.6. The van der Waals surface area contributed by atoms with Gasteiger partial charge >= 0.3 is 5.97 Å². The molecule has 0 heterocycles. The zero-order valence-electron chi connectivity index (χ0n) is 6.16. The molecule has 0 aromatic carbocycles. The van der Waals surface area contributed by atoms with Gasteiger partial charge in [0.1, 0.15) is 13.2 Å². The van der Waals surface area contributed by atoms with E-state index in [4.69, 9.17) is 5.11 Å². The molecule has 4 nitrogen and oxygen atoms in total. The number of methoxy groups -OCH3 is 1. The number of hydrogen-bond acceptors (Lipinski definition) is 4. The molecule has 1 atom stereocenters. The molecule has 4 heteroatoms. The van der Waals surface area contributed by atoms with Crippen LogP contribution in [0, 0.1) is 0 Å². The second-order valence-corrected chi connectivity index (χ2v) is 1.97. The molecule has 0 fully saturated rings. The lowest BCUT2D eigenvalue weighted by Crippen LogP contribution is -2.18. The van der Waals surface area contributed by atoms with Gasteiger partial charge in [0.2, 0.25) is 0 Å². The first-order valence-electron chi connectivity index (χ1n) is 2.99. The van der Waals surface area contributed by atoms with E-state index < -0.39 is 12.1 Å². The lowest BCUT2D eigenvalue weighted by atomic mass is 10.4. The smallest absolute Gasteiger partial charge is 0.332 e. The molecule has 0 aromatic rings. The summed E-state index contributed by atoms with van der Waals surface area (Å²) in [7, 11) is 1.41. The molecule has 1 N–H and O–H groups in total. The summed E-state index contributed by atoms with van der Waals surface area (Å²) in [5.74, 6) is -0.455. The predicted octanol–water partition coefficient (Wildman–Crippen LogP) is -0.443. The van der Waals surface area contributed by atoms with Gasteiger partial charge in [-0.1, -0.05) is 0 Å². The van der Waals surface area contributed by atoms with Gasteiger partial charge in [0, 0.05) is 7.11 Å². The molecule has 0 saturated carbocycles. The summed E-state index contributed by atoms with van der Waals surface area (Å²) >= 11 is 0. The van der Waals surface area contributed by atoms with E-state index in [0.717, 1.165) is 0 Å². The molecule has 0 rings (SSSR count). The topological polar surface area (TPSA) is 55.8 Å². The van der Waals surface area contributed by atoms with Gasteiger partial charge in [0.05, 0.1) is 6.10 Å². The average Bonchev–Trinajstić information content (AvgIpc) is 1.85. The maximum atomic E-state index is 10.5. The van der Waals surface area contributed by atoms with E-state index >= 15 is 0 Å². The van der Waals surface area contributed by atoms with E-state index in [9.17, 15) is 4.79 Å². The lowest BCUT2D eigenvalue weighted by molar-refractivity contribution is -0.150. The van der Waals surface area contributed by atoms with Crippen LogP contribution in [0.5, 0.6) is 0 Å². The van der Waals surface area contributed by atoms with E-state index in [1.54, 1.807) is 6.92 Å². The Bertz CT molecular complexity index is 99.9. The molecule has 0 spiro atoms. The number of aliphatic hydroxyl groups excluding tert-OH is 1. The van der Waals surface area contributed by atoms with Gasteiger partial charge in [0.25, 0.3) is 0 Å². The van der Waals surface area contributed by atoms with E-state index in [0.29, 0.717) is 0 Å². The number of hydrogen-bond donors (Lipinski definition) is 1. The Morgan fingerprint density at radius 3 is 2.70 bits per heavy atom. The van der Waals surface area contributed by atoms with Crippen molar-refractivity contribution in [1.29, 1.82) is 0 Å². The van der Waals surface area contributed by atoms with Crippen LogP contribution in [0.25, 0.3) is 0 Å². The molecule has 1 unspecified atom stereocenters. The first-order valence-corrected chi connectivity index (χ1v) is 2.99. The summed E-state index contributed by atoms with van der Waals surface area (Å²) in [4.78, 5) is 10.5. The Labute approximate surface area is 59.7 Å². The minimum Gasteiger partial charge on any atom is -0.461 e. The molecule has 0 aliphatic rings. The van der Waals surface area contributed by atoms with Crippen LogP contribution in [0.4, 0.5) is 0 Å². The van der Waals surface area contributed by atoms with E-state index in [1.807, 2.05) is 0 Å². The summed E-state index contributed by atoms with van der Waals surface area (Å²) in [5.41, 5.74) is 0. The molecule has 0 aliphatic heterocycles. The van der Waals surface area contributed by atoms with Crippen LogP contribution in [-0.4, -0.2) is 37.5 Å². The van der Waals surface area contributed by atoms with Gasteiger partial charge in [-0.2, -0.15) is 0 Å². The van der Waals surface area contributed by atoms with Crippen LogP contribution in [0.15, 0.2) is 0 Å². The van der Waals surface area contributed by atoms with Crippen molar-refractivity contribution in [1.82, 2.24) is 0 Å². The Morgan fingerprint density at radius 2 is 2.30 bits per heavy atom. The van der Waals surface area contributed by atoms with Crippen molar-refractivity contribution < 1.29 is 19.4 Å². The van der Waals surface area contributed by atoms with Crippen molar-refractivity contribution in [2.45, 2.75) is 13.0 Å². The van der Waals surface area contributed by atoms with Crippen LogP contribution in [-0.2, 0) is 14.3 Å². The summed E-state index contributed by atoms with van der Waals surface area (Å²) < 4.78 is 9.01. The number of rotatable bonds is 4. The molecule has 0 amide bonds. The first-order chi connectivity index (χ1) is 4.66. The van der Waals surface area contributed by atoms with E-state index in [-0.39, 0.29) is 13.2 Å². The second-order valence-electron chi connectivity index (χ2n) is 1.97. The first kappa shape index (κ1) is 9.39. The summed E-state index contributed by atoms with van der Waals surface area (Å²) in [6.45, 7) is 1.51. The van der Waals surface area contributed by atoms with Gasteiger partial charge in [0.15, 0.2) is 0 Å². The van der Waals surface area contributed by atoms with Crippen molar-refractivity contribution in [2.75, 3.05) is 20.3 Å². The molecule has 0 aliphatic carbocycles. The summed E-state index contributed by atoms with van der Waals surface area (Å²) in [5, 5.41) is 8.65. The van der Waals surface area contributed by atoms with E-state index in [1.165, 1.54) is 7.11 Å². The minimum atomic E-state index is -0.610. The summed E-state index contributed by atoms with van der Waals surface area (Å²) in [6.07, 6.45) is -0.610. The highest BCUT2D eigenvalue weighted by molar-refractivity contribution is 5.70. The van der Waals surface area contributed by atoms with Gasteiger partial charge in [-0.3, -0.25) is 0 Å². The van der Waals surface area contributed by atoms with Crippen LogP contribution in [0.1, 0.15) is 6.92 Å². The third kappa shape index (κ3) is 5.53. The van der Waals surface area contributed by atoms with Crippen molar-refractivity contribution in [3.63, 3.8) is 0 Å². The van der Waals surface area contributed by atoms with E-state index in [2.05, 4.69) is 9.47 Å². The highest BCUT2D eigenvalue weighted by Gasteiger charge is 2.02. The van der Waals surface area contributed by atoms with Gasteiger partial charge < -0.3 is 14.6 Å². The Morgan fingerprint density at radius 1 is 1.70 bits per heavy atom. The van der Waals surface area contributed by atoms with Gasteiger partial charge in [-0.15, -0.1) is 0 Å². The monoisotopic (exact) mass is 148 g/mol. The number of aliphatic hydroxyl groups is 1. The fourth-order valence-electron chi connectivity index (χ4n) is 0.373. The number of ether oxygens (including phenoxy) is 2. The zero-order chi connectivity index (χ0) is 7.98. The lowest BCUT2D eigenvalue weighted by Gasteiger charge is -2.04. The average molecular weight is 148 g/mol.